The summed E-state index contributed by atoms with van der Waals surface area (Å²) >= 11 is 3.63. The van der Waals surface area contributed by atoms with Gasteiger partial charge in [-0.2, -0.15) is 0 Å². The summed E-state index contributed by atoms with van der Waals surface area (Å²) in [7, 11) is 0. The highest BCUT2D eigenvalue weighted by Crippen LogP contribution is 2.29. The first-order chi connectivity index (χ1) is 8.43. The molecule has 0 saturated heterocycles. The maximum atomic E-state index is 2.23. The van der Waals surface area contributed by atoms with E-state index in [1.807, 2.05) is 11.3 Å². The Kier molecular flexibility index (Phi) is 3.08. The van der Waals surface area contributed by atoms with Gasteiger partial charge in [0, 0.05) is 16.2 Å². The fraction of sp³-hybridized carbons (Fsp3) is 0.0667. The molecule has 0 radical (unpaired) electrons. The summed E-state index contributed by atoms with van der Waals surface area (Å²) in [4.78, 5) is 2.78. The molecule has 0 bridgehead atoms. The Balaban J connectivity index is 1.99. The van der Waals surface area contributed by atoms with E-state index in [1.54, 1.807) is 11.3 Å². The van der Waals surface area contributed by atoms with E-state index < -0.39 is 0 Å². The molecule has 17 heavy (non-hydrogen) atoms. The van der Waals surface area contributed by atoms with Gasteiger partial charge in [-0.05, 0) is 34.0 Å². The van der Waals surface area contributed by atoms with Gasteiger partial charge in [0.2, 0.25) is 0 Å². The lowest BCUT2D eigenvalue weighted by Crippen LogP contribution is -1.88. The van der Waals surface area contributed by atoms with Crippen molar-refractivity contribution in [2.75, 3.05) is 0 Å². The van der Waals surface area contributed by atoms with Gasteiger partial charge in [-0.25, -0.2) is 0 Å². The molecule has 0 aliphatic heterocycles. The van der Waals surface area contributed by atoms with Gasteiger partial charge < -0.3 is 0 Å². The van der Waals surface area contributed by atoms with Crippen LogP contribution in [0.15, 0.2) is 59.3 Å². The molecule has 3 aromatic rings. The predicted molar refractivity (Wildman–Crippen MR) is 76.9 cm³/mol. The van der Waals surface area contributed by atoms with Crippen LogP contribution in [0.25, 0.3) is 10.4 Å². The average molecular weight is 256 g/mol. The summed E-state index contributed by atoms with van der Waals surface area (Å²) in [5.41, 5.74) is 2.79. The monoisotopic (exact) mass is 256 g/mol. The number of thiophene rings is 2. The van der Waals surface area contributed by atoms with Crippen LogP contribution in [0.3, 0.4) is 0 Å². The van der Waals surface area contributed by atoms with Crippen molar-refractivity contribution in [3.63, 3.8) is 0 Å². The molecular formula is C15H12S2. The summed E-state index contributed by atoms with van der Waals surface area (Å²) in [5.74, 6) is 0. The first-order valence-corrected chi connectivity index (χ1v) is 7.33. The van der Waals surface area contributed by atoms with Gasteiger partial charge in [-0.3, -0.25) is 0 Å². The van der Waals surface area contributed by atoms with Gasteiger partial charge in [0.1, 0.15) is 0 Å². The van der Waals surface area contributed by atoms with Crippen molar-refractivity contribution in [3.8, 4) is 10.4 Å². The molecule has 0 aliphatic carbocycles. The van der Waals surface area contributed by atoms with Gasteiger partial charge in [-0.15, -0.1) is 22.7 Å². The van der Waals surface area contributed by atoms with Crippen molar-refractivity contribution in [1.29, 1.82) is 0 Å². The third-order valence-electron chi connectivity index (χ3n) is 2.75. The van der Waals surface area contributed by atoms with E-state index in [1.165, 1.54) is 20.9 Å². The molecule has 0 fully saturated rings. The fourth-order valence-corrected chi connectivity index (χ4v) is 3.46. The van der Waals surface area contributed by atoms with Crippen LogP contribution < -0.4 is 0 Å². The van der Waals surface area contributed by atoms with E-state index in [4.69, 9.17) is 0 Å². The van der Waals surface area contributed by atoms with Crippen molar-refractivity contribution >= 4 is 22.7 Å². The predicted octanol–water partition coefficient (Wildman–Crippen LogP) is 5.07. The minimum atomic E-state index is 1.03. The molecule has 2 heteroatoms. The summed E-state index contributed by atoms with van der Waals surface area (Å²) in [5, 5.41) is 4.28. The van der Waals surface area contributed by atoms with Crippen LogP contribution in [0.5, 0.6) is 0 Å². The smallest absolute Gasteiger partial charge is 0.0345 e. The lowest BCUT2D eigenvalue weighted by molar-refractivity contribution is 1.25. The van der Waals surface area contributed by atoms with Crippen LogP contribution in [0, 0.1) is 0 Å². The van der Waals surface area contributed by atoms with Crippen molar-refractivity contribution in [1.82, 2.24) is 0 Å². The van der Waals surface area contributed by atoms with E-state index in [0.717, 1.165) is 6.42 Å². The molecule has 0 saturated carbocycles. The minimum Gasteiger partial charge on any atom is -0.149 e. The quantitative estimate of drug-likeness (QED) is 0.614. The molecule has 3 rings (SSSR count). The lowest BCUT2D eigenvalue weighted by atomic mass is 10.0. The van der Waals surface area contributed by atoms with E-state index >= 15 is 0 Å². The van der Waals surface area contributed by atoms with Gasteiger partial charge in [0.15, 0.2) is 0 Å². The Bertz CT molecular complexity index is 577. The number of rotatable bonds is 3. The maximum absolute atomic E-state index is 2.23. The Labute approximate surface area is 109 Å². The molecule has 0 spiro atoms. The highest BCUT2D eigenvalue weighted by molar-refractivity contribution is 7.13. The van der Waals surface area contributed by atoms with Gasteiger partial charge >= 0.3 is 0 Å². The maximum Gasteiger partial charge on any atom is 0.0345 e. The van der Waals surface area contributed by atoms with E-state index in [9.17, 15) is 0 Å². The lowest BCUT2D eigenvalue weighted by Gasteiger charge is -2.06. The molecule has 84 valence electrons. The van der Waals surface area contributed by atoms with Crippen LogP contribution in [0.4, 0.5) is 0 Å². The second-order valence-electron chi connectivity index (χ2n) is 3.89. The van der Waals surface area contributed by atoms with E-state index in [2.05, 4.69) is 59.3 Å². The van der Waals surface area contributed by atoms with Crippen LogP contribution >= 0.6 is 22.7 Å². The second kappa shape index (κ2) is 4.86. The molecule has 1 aromatic carbocycles. The first kappa shape index (κ1) is 10.8. The summed E-state index contributed by atoms with van der Waals surface area (Å²) in [6, 6.07) is 17.3. The Hall–Kier alpha value is -1.38. The zero-order valence-corrected chi connectivity index (χ0v) is 10.9. The zero-order chi connectivity index (χ0) is 11.5. The zero-order valence-electron chi connectivity index (χ0n) is 9.30. The summed E-state index contributed by atoms with van der Waals surface area (Å²) in [6.07, 6.45) is 1.03. The highest BCUT2D eigenvalue weighted by Gasteiger charge is 2.06. The first-order valence-electron chi connectivity index (χ1n) is 5.57. The van der Waals surface area contributed by atoms with Gasteiger partial charge in [0.25, 0.3) is 0 Å². The molecule has 2 heterocycles. The SMILES string of the molecule is c1csc(Cc2ccccc2-c2cccs2)c1. The molecule has 0 N–H and O–H groups in total. The van der Waals surface area contributed by atoms with Gasteiger partial charge in [0.05, 0.1) is 0 Å². The Morgan fingerprint density at radius 1 is 0.765 bits per heavy atom. The molecular weight excluding hydrogens is 244 g/mol. The number of benzene rings is 1. The second-order valence-corrected chi connectivity index (χ2v) is 5.87. The third-order valence-corrected chi connectivity index (χ3v) is 4.53. The van der Waals surface area contributed by atoms with E-state index in [0.29, 0.717) is 0 Å². The van der Waals surface area contributed by atoms with Crippen LogP contribution in [-0.2, 0) is 6.42 Å². The highest BCUT2D eigenvalue weighted by atomic mass is 32.1. The topological polar surface area (TPSA) is 0 Å². The van der Waals surface area contributed by atoms with Crippen molar-refractivity contribution in [2.45, 2.75) is 6.42 Å². The molecule has 0 amide bonds. The average Bonchev–Trinajstić information content (AvgIpc) is 3.01. The van der Waals surface area contributed by atoms with Crippen LogP contribution in [0.2, 0.25) is 0 Å². The minimum absolute atomic E-state index is 1.03. The summed E-state index contributed by atoms with van der Waals surface area (Å²) < 4.78 is 0. The van der Waals surface area contributed by atoms with E-state index in [-0.39, 0.29) is 0 Å². The van der Waals surface area contributed by atoms with Crippen molar-refractivity contribution in [3.05, 3.63) is 69.7 Å². The fourth-order valence-electron chi connectivity index (χ4n) is 1.95. The normalized spacial score (nSPS) is 10.6. The molecule has 0 aliphatic rings. The van der Waals surface area contributed by atoms with Crippen molar-refractivity contribution in [2.24, 2.45) is 0 Å². The number of hydrogen-bond donors (Lipinski definition) is 0. The molecule has 0 atom stereocenters. The van der Waals surface area contributed by atoms with Crippen LogP contribution in [0.1, 0.15) is 10.4 Å². The van der Waals surface area contributed by atoms with Crippen LogP contribution in [-0.4, -0.2) is 0 Å². The number of hydrogen-bond acceptors (Lipinski definition) is 2. The standard InChI is InChI=1S/C15H12S2/c1-2-7-14(15-8-4-10-17-15)12(5-1)11-13-6-3-9-16-13/h1-10H,11H2. The van der Waals surface area contributed by atoms with Gasteiger partial charge in [-0.1, -0.05) is 36.4 Å². The molecule has 2 aromatic heterocycles. The third kappa shape index (κ3) is 2.33. The summed E-state index contributed by atoms with van der Waals surface area (Å²) in [6.45, 7) is 0. The Morgan fingerprint density at radius 2 is 1.59 bits per heavy atom. The largest absolute Gasteiger partial charge is 0.149 e. The van der Waals surface area contributed by atoms with Crippen molar-refractivity contribution < 1.29 is 0 Å². The Morgan fingerprint density at radius 3 is 2.35 bits per heavy atom. The molecule has 0 unspecified atom stereocenters. The molecule has 0 nitrogen and oxygen atoms in total.